The summed E-state index contributed by atoms with van der Waals surface area (Å²) in [6.45, 7) is 2.42. The maximum absolute atomic E-state index is 12.2. The van der Waals surface area contributed by atoms with E-state index < -0.39 is 0 Å². The van der Waals surface area contributed by atoms with Gasteiger partial charge >= 0.3 is 5.97 Å². The molecule has 1 unspecified atom stereocenters. The van der Waals surface area contributed by atoms with Gasteiger partial charge in [0.25, 0.3) is 0 Å². The highest BCUT2D eigenvalue weighted by Crippen LogP contribution is 2.26. The zero-order valence-corrected chi connectivity index (χ0v) is 12.1. The van der Waals surface area contributed by atoms with Crippen LogP contribution in [0.5, 0.6) is 0 Å². The third-order valence-corrected chi connectivity index (χ3v) is 3.80. The minimum Gasteiger partial charge on any atom is -0.459 e. The van der Waals surface area contributed by atoms with E-state index >= 15 is 0 Å². The minimum atomic E-state index is -0.246. The molecule has 2 aromatic carbocycles. The number of benzene rings is 2. The van der Waals surface area contributed by atoms with Crippen molar-refractivity contribution < 1.29 is 9.53 Å². The van der Waals surface area contributed by atoms with E-state index in [0.29, 0.717) is 6.61 Å². The topological polar surface area (TPSA) is 38.3 Å². The summed E-state index contributed by atoms with van der Waals surface area (Å²) in [7, 11) is 0. The van der Waals surface area contributed by atoms with Gasteiger partial charge in [-0.05, 0) is 37.0 Å². The largest absolute Gasteiger partial charge is 0.459 e. The number of hydrogen-bond acceptors (Lipinski definition) is 3. The standard InChI is InChI=1S/C18H19NO2/c1-13-7-9-16-15(11-13)8-10-17(19-16)18(20)21-12-14-5-3-2-4-6-14/h2-7,9,11,17,19H,8,10,12H2,1H3. The highest BCUT2D eigenvalue weighted by Gasteiger charge is 2.25. The third-order valence-electron chi connectivity index (χ3n) is 3.80. The van der Waals surface area contributed by atoms with Crippen LogP contribution in [0.15, 0.2) is 48.5 Å². The van der Waals surface area contributed by atoms with Gasteiger partial charge in [0.15, 0.2) is 0 Å². The first kappa shape index (κ1) is 13.7. The maximum atomic E-state index is 12.2. The van der Waals surface area contributed by atoms with Crippen LogP contribution in [-0.4, -0.2) is 12.0 Å². The van der Waals surface area contributed by atoms with Crippen molar-refractivity contribution in [1.29, 1.82) is 0 Å². The highest BCUT2D eigenvalue weighted by molar-refractivity contribution is 5.80. The lowest BCUT2D eigenvalue weighted by Gasteiger charge is -2.25. The molecule has 1 aliphatic heterocycles. The number of esters is 1. The van der Waals surface area contributed by atoms with Gasteiger partial charge in [-0.15, -0.1) is 0 Å². The molecule has 0 radical (unpaired) electrons. The zero-order valence-electron chi connectivity index (χ0n) is 12.1. The number of ether oxygens (including phenoxy) is 1. The Kier molecular flexibility index (Phi) is 3.91. The van der Waals surface area contributed by atoms with Crippen LogP contribution in [0.1, 0.15) is 23.1 Å². The molecule has 0 fully saturated rings. The van der Waals surface area contributed by atoms with E-state index in [1.807, 2.05) is 36.4 Å². The predicted octanol–water partition coefficient (Wildman–Crippen LogP) is 3.47. The third kappa shape index (κ3) is 3.24. The highest BCUT2D eigenvalue weighted by atomic mass is 16.5. The summed E-state index contributed by atoms with van der Waals surface area (Å²) in [6.07, 6.45) is 1.69. The van der Waals surface area contributed by atoms with Crippen LogP contribution < -0.4 is 5.32 Å². The number of hydrogen-bond donors (Lipinski definition) is 1. The smallest absolute Gasteiger partial charge is 0.328 e. The molecule has 1 N–H and O–H groups in total. The van der Waals surface area contributed by atoms with E-state index in [2.05, 4.69) is 24.4 Å². The lowest BCUT2D eigenvalue weighted by atomic mass is 9.96. The van der Waals surface area contributed by atoms with Crippen LogP contribution in [0.25, 0.3) is 0 Å². The summed E-state index contributed by atoms with van der Waals surface area (Å²) in [6, 6.07) is 15.8. The first-order valence-electron chi connectivity index (χ1n) is 7.29. The van der Waals surface area contributed by atoms with Crippen LogP contribution >= 0.6 is 0 Å². The van der Waals surface area contributed by atoms with E-state index in [1.54, 1.807) is 0 Å². The molecule has 3 heteroatoms. The SMILES string of the molecule is Cc1ccc2c(c1)CCC(C(=O)OCc1ccccc1)N2. The van der Waals surface area contributed by atoms with Gasteiger partial charge in [0.05, 0.1) is 0 Å². The van der Waals surface area contributed by atoms with E-state index in [4.69, 9.17) is 4.74 Å². The summed E-state index contributed by atoms with van der Waals surface area (Å²) in [5.41, 5.74) is 4.59. The molecule has 1 atom stereocenters. The molecule has 0 bridgehead atoms. The lowest BCUT2D eigenvalue weighted by Crippen LogP contribution is -2.34. The van der Waals surface area contributed by atoms with Crippen molar-refractivity contribution in [3.63, 3.8) is 0 Å². The molecule has 0 amide bonds. The van der Waals surface area contributed by atoms with Gasteiger partial charge in [-0.25, -0.2) is 4.79 Å². The average molecular weight is 281 g/mol. The van der Waals surface area contributed by atoms with Gasteiger partial charge in [-0.2, -0.15) is 0 Å². The summed E-state index contributed by atoms with van der Waals surface area (Å²) in [4.78, 5) is 12.2. The Labute approximate surface area is 124 Å². The first-order chi connectivity index (χ1) is 10.2. The molecule has 3 rings (SSSR count). The van der Waals surface area contributed by atoms with Gasteiger partial charge in [0.2, 0.25) is 0 Å². The van der Waals surface area contributed by atoms with Crippen LogP contribution in [-0.2, 0) is 22.6 Å². The average Bonchev–Trinajstić information content (AvgIpc) is 2.53. The fraction of sp³-hybridized carbons (Fsp3) is 0.278. The van der Waals surface area contributed by atoms with Crippen molar-refractivity contribution in [2.45, 2.75) is 32.4 Å². The molecule has 108 valence electrons. The lowest BCUT2D eigenvalue weighted by molar-refractivity contribution is -0.146. The van der Waals surface area contributed by atoms with Crippen molar-refractivity contribution in [2.75, 3.05) is 5.32 Å². The predicted molar refractivity (Wildman–Crippen MR) is 83.1 cm³/mol. The van der Waals surface area contributed by atoms with Gasteiger partial charge in [0, 0.05) is 5.69 Å². The van der Waals surface area contributed by atoms with Crippen LogP contribution in [0, 0.1) is 6.92 Å². The summed E-state index contributed by atoms with van der Waals surface area (Å²) >= 11 is 0. The molecule has 0 aliphatic carbocycles. The molecule has 1 heterocycles. The second kappa shape index (κ2) is 6.00. The number of rotatable bonds is 3. The van der Waals surface area contributed by atoms with E-state index in [9.17, 15) is 4.79 Å². The fourth-order valence-corrected chi connectivity index (χ4v) is 2.64. The molecule has 1 aliphatic rings. The summed E-state index contributed by atoms with van der Waals surface area (Å²) in [5, 5.41) is 3.29. The molecular weight excluding hydrogens is 262 g/mol. The van der Waals surface area contributed by atoms with E-state index in [-0.39, 0.29) is 12.0 Å². The first-order valence-corrected chi connectivity index (χ1v) is 7.29. The van der Waals surface area contributed by atoms with Crippen LogP contribution in [0.4, 0.5) is 5.69 Å². The van der Waals surface area contributed by atoms with E-state index in [0.717, 1.165) is 24.1 Å². The Morgan fingerprint density at radius 2 is 2.05 bits per heavy atom. The molecule has 21 heavy (non-hydrogen) atoms. The molecule has 0 spiro atoms. The maximum Gasteiger partial charge on any atom is 0.328 e. The number of carbonyl (C=O) groups is 1. The second-order valence-corrected chi connectivity index (χ2v) is 5.49. The molecule has 0 saturated heterocycles. The summed E-state index contributed by atoms with van der Waals surface area (Å²) < 4.78 is 5.40. The minimum absolute atomic E-state index is 0.176. The number of carbonyl (C=O) groups excluding carboxylic acids is 1. The number of anilines is 1. The van der Waals surface area contributed by atoms with Gasteiger partial charge in [-0.1, -0.05) is 48.0 Å². The molecule has 0 aromatic heterocycles. The second-order valence-electron chi connectivity index (χ2n) is 5.49. The zero-order chi connectivity index (χ0) is 14.7. The van der Waals surface area contributed by atoms with Gasteiger partial charge in [-0.3, -0.25) is 0 Å². The summed E-state index contributed by atoms with van der Waals surface area (Å²) in [5.74, 6) is -0.176. The quantitative estimate of drug-likeness (QED) is 0.876. The van der Waals surface area contributed by atoms with Crippen LogP contribution in [0.2, 0.25) is 0 Å². The number of fused-ring (bicyclic) bond motifs is 1. The van der Waals surface area contributed by atoms with Crippen molar-refractivity contribution in [3.05, 3.63) is 65.2 Å². The monoisotopic (exact) mass is 281 g/mol. The molecule has 3 nitrogen and oxygen atoms in total. The van der Waals surface area contributed by atoms with Crippen molar-refractivity contribution in [2.24, 2.45) is 0 Å². The van der Waals surface area contributed by atoms with Crippen molar-refractivity contribution in [3.8, 4) is 0 Å². The van der Waals surface area contributed by atoms with Crippen molar-refractivity contribution >= 4 is 11.7 Å². The Morgan fingerprint density at radius 1 is 1.24 bits per heavy atom. The molecule has 2 aromatic rings. The molecule has 0 saturated carbocycles. The van der Waals surface area contributed by atoms with Gasteiger partial charge in [0.1, 0.15) is 12.6 Å². The van der Waals surface area contributed by atoms with Crippen molar-refractivity contribution in [1.82, 2.24) is 0 Å². The van der Waals surface area contributed by atoms with Gasteiger partial charge < -0.3 is 10.1 Å². The fourth-order valence-electron chi connectivity index (χ4n) is 2.64. The Morgan fingerprint density at radius 3 is 2.86 bits per heavy atom. The molecular formula is C18H19NO2. The Hall–Kier alpha value is -2.29. The van der Waals surface area contributed by atoms with Crippen LogP contribution in [0.3, 0.4) is 0 Å². The normalized spacial score (nSPS) is 16.7. The Bertz CT molecular complexity index is 637. The number of aryl methyl sites for hydroxylation is 2. The van der Waals surface area contributed by atoms with E-state index in [1.165, 1.54) is 11.1 Å². The number of nitrogens with one attached hydrogen (secondary N) is 1. The Balaban J connectivity index is 1.60.